The number of hydrogen-bond donors (Lipinski definition) is 2. The Bertz CT molecular complexity index is 346. The van der Waals surface area contributed by atoms with Crippen LogP contribution in [0.15, 0.2) is 0 Å². The molecule has 0 radical (unpaired) electrons. The fourth-order valence-electron chi connectivity index (χ4n) is 2.95. The smallest absolute Gasteiger partial charge is 0.326 e. The number of carboxylic acids is 1. The van der Waals surface area contributed by atoms with E-state index in [4.69, 9.17) is 0 Å². The van der Waals surface area contributed by atoms with Gasteiger partial charge in [0.25, 0.3) is 0 Å². The summed E-state index contributed by atoms with van der Waals surface area (Å²) in [5.74, 6) is -0.473. The molecule has 0 bridgehead atoms. The first-order valence-electron chi connectivity index (χ1n) is 8.29. The number of aliphatic carboxylic acids is 1. The highest BCUT2D eigenvalue weighted by molar-refractivity contribution is 5.83. The van der Waals surface area contributed by atoms with Crippen molar-refractivity contribution < 1.29 is 14.7 Å². The quantitative estimate of drug-likeness (QED) is 0.709. The minimum atomic E-state index is -0.887. The summed E-state index contributed by atoms with van der Waals surface area (Å²) in [6.45, 7) is 6.76. The van der Waals surface area contributed by atoms with Crippen LogP contribution in [0.4, 0.5) is 4.79 Å². The fourth-order valence-corrected chi connectivity index (χ4v) is 2.95. The molecule has 1 aliphatic rings. The largest absolute Gasteiger partial charge is 0.480 e. The first-order valence-corrected chi connectivity index (χ1v) is 8.29. The zero-order chi connectivity index (χ0) is 15.8. The third-order valence-corrected chi connectivity index (χ3v) is 4.44. The first-order chi connectivity index (χ1) is 9.99. The van der Waals surface area contributed by atoms with Crippen LogP contribution < -0.4 is 5.32 Å². The zero-order valence-corrected chi connectivity index (χ0v) is 13.6. The predicted octanol–water partition coefficient (Wildman–Crippen LogP) is 3.24. The summed E-state index contributed by atoms with van der Waals surface area (Å²) < 4.78 is 0. The number of nitrogens with one attached hydrogen (secondary N) is 1. The van der Waals surface area contributed by atoms with E-state index in [1.165, 1.54) is 11.3 Å². The predicted molar refractivity (Wildman–Crippen MR) is 83.3 cm³/mol. The van der Waals surface area contributed by atoms with E-state index in [0.717, 1.165) is 32.1 Å². The summed E-state index contributed by atoms with van der Waals surface area (Å²) in [6, 6.07) is -0.796. The fraction of sp³-hybridized carbons (Fsp3) is 0.875. The highest BCUT2D eigenvalue weighted by Gasteiger charge is 2.35. The molecule has 1 fully saturated rings. The summed E-state index contributed by atoms with van der Waals surface area (Å²) in [6.07, 6.45) is 6.82. The molecule has 0 aromatic carbocycles. The van der Waals surface area contributed by atoms with Crippen molar-refractivity contribution in [1.82, 2.24) is 10.2 Å². The number of rotatable bonds is 7. The molecule has 1 saturated heterocycles. The van der Waals surface area contributed by atoms with Gasteiger partial charge in [-0.15, -0.1) is 0 Å². The summed E-state index contributed by atoms with van der Waals surface area (Å²) in [4.78, 5) is 25.2. The molecular weight excluding hydrogens is 268 g/mol. The molecule has 5 heteroatoms. The number of carbonyl (C=O) groups is 2. The third-order valence-electron chi connectivity index (χ3n) is 4.44. The van der Waals surface area contributed by atoms with Gasteiger partial charge >= 0.3 is 12.0 Å². The van der Waals surface area contributed by atoms with Gasteiger partial charge in [-0.1, -0.05) is 39.5 Å². The lowest BCUT2D eigenvalue weighted by molar-refractivity contribution is -0.144. The maximum atomic E-state index is 12.3. The van der Waals surface area contributed by atoms with E-state index in [1.54, 1.807) is 0 Å². The highest BCUT2D eigenvalue weighted by atomic mass is 16.4. The molecule has 1 rings (SSSR count). The van der Waals surface area contributed by atoms with E-state index in [1.807, 2.05) is 6.92 Å². The molecule has 21 heavy (non-hydrogen) atoms. The average molecular weight is 298 g/mol. The zero-order valence-electron chi connectivity index (χ0n) is 13.6. The molecule has 1 heterocycles. The second-order valence-electron chi connectivity index (χ2n) is 6.19. The molecule has 1 aliphatic heterocycles. The minimum Gasteiger partial charge on any atom is -0.480 e. The second-order valence-corrected chi connectivity index (χ2v) is 6.19. The van der Waals surface area contributed by atoms with Crippen LogP contribution in [-0.2, 0) is 4.79 Å². The molecule has 0 spiro atoms. The van der Waals surface area contributed by atoms with Gasteiger partial charge in [0.15, 0.2) is 0 Å². The van der Waals surface area contributed by atoms with Crippen molar-refractivity contribution in [3.8, 4) is 0 Å². The molecule has 0 saturated carbocycles. The van der Waals surface area contributed by atoms with Crippen molar-refractivity contribution in [2.24, 2.45) is 5.92 Å². The van der Waals surface area contributed by atoms with Gasteiger partial charge < -0.3 is 15.3 Å². The van der Waals surface area contributed by atoms with E-state index in [-0.39, 0.29) is 12.1 Å². The lowest BCUT2D eigenvalue weighted by Gasteiger charge is -2.37. The van der Waals surface area contributed by atoms with Gasteiger partial charge in [0.2, 0.25) is 0 Å². The van der Waals surface area contributed by atoms with Gasteiger partial charge in [0.1, 0.15) is 6.04 Å². The molecule has 3 unspecified atom stereocenters. The Hall–Kier alpha value is -1.26. The van der Waals surface area contributed by atoms with E-state index < -0.39 is 12.0 Å². The third kappa shape index (κ3) is 5.56. The van der Waals surface area contributed by atoms with Crippen LogP contribution in [0.3, 0.4) is 0 Å². The van der Waals surface area contributed by atoms with Crippen molar-refractivity contribution >= 4 is 12.0 Å². The van der Waals surface area contributed by atoms with Gasteiger partial charge in [-0.2, -0.15) is 0 Å². The van der Waals surface area contributed by atoms with Crippen molar-refractivity contribution in [3.05, 3.63) is 0 Å². The first kappa shape index (κ1) is 17.8. The average Bonchev–Trinajstić information content (AvgIpc) is 2.46. The molecule has 2 amide bonds. The highest BCUT2D eigenvalue weighted by Crippen LogP contribution is 2.25. The standard InChI is InChI=1S/C16H30N2O3/c1-4-6-7-8-12(3)17-16(21)18-10-9-13(5-2)11-14(18)15(19)20/h12-14H,4-11H2,1-3H3,(H,17,21)(H,19,20). The van der Waals surface area contributed by atoms with Crippen LogP contribution in [-0.4, -0.2) is 40.6 Å². The normalized spacial score (nSPS) is 23.7. The van der Waals surface area contributed by atoms with Crippen molar-refractivity contribution in [1.29, 1.82) is 0 Å². The van der Waals surface area contributed by atoms with E-state index in [9.17, 15) is 14.7 Å². The SMILES string of the molecule is CCCCCC(C)NC(=O)N1CCC(CC)CC1C(=O)O. The maximum Gasteiger partial charge on any atom is 0.326 e. The monoisotopic (exact) mass is 298 g/mol. The van der Waals surface area contributed by atoms with Crippen molar-refractivity contribution in [2.45, 2.75) is 77.8 Å². The number of hydrogen-bond acceptors (Lipinski definition) is 2. The Morgan fingerprint density at radius 2 is 2.05 bits per heavy atom. The van der Waals surface area contributed by atoms with Crippen LogP contribution in [0.25, 0.3) is 0 Å². The summed E-state index contributed by atoms with van der Waals surface area (Å²) in [5.41, 5.74) is 0. The number of nitrogens with zero attached hydrogens (tertiary/aromatic N) is 1. The van der Waals surface area contributed by atoms with Crippen molar-refractivity contribution in [3.63, 3.8) is 0 Å². The number of carbonyl (C=O) groups excluding carboxylic acids is 1. The molecule has 2 N–H and O–H groups in total. The minimum absolute atomic E-state index is 0.0994. The van der Waals surface area contributed by atoms with Gasteiger partial charge in [-0.05, 0) is 32.1 Å². The van der Waals surface area contributed by atoms with Gasteiger partial charge in [0.05, 0.1) is 0 Å². The second kappa shape index (κ2) is 8.90. The van der Waals surface area contributed by atoms with E-state index in [2.05, 4.69) is 19.2 Å². The lowest BCUT2D eigenvalue weighted by Crippen LogP contribution is -2.54. The number of unbranched alkanes of at least 4 members (excludes halogenated alkanes) is 2. The topological polar surface area (TPSA) is 69.6 Å². The molecule has 0 aromatic heterocycles. The number of carboxylic acid groups (broad SMARTS) is 1. The maximum absolute atomic E-state index is 12.3. The van der Waals surface area contributed by atoms with Crippen molar-refractivity contribution in [2.75, 3.05) is 6.54 Å². The Balaban J connectivity index is 2.52. The Morgan fingerprint density at radius 3 is 2.62 bits per heavy atom. The molecule has 0 aliphatic carbocycles. The number of piperidine rings is 1. The van der Waals surface area contributed by atoms with Crippen LogP contribution >= 0.6 is 0 Å². The number of likely N-dealkylation sites (tertiary alicyclic amines) is 1. The van der Waals surface area contributed by atoms with Gasteiger partial charge in [0, 0.05) is 12.6 Å². The van der Waals surface area contributed by atoms with E-state index in [0.29, 0.717) is 18.9 Å². The summed E-state index contributed by atoms with van der Waals surface area (Å²) >= 11 is 0. The Labute approximate surface area is 128 Å². The van der Waals surface area contributed by atoms with Crippen LogP contribution in [0, 0.1) is 5.92 Å². The lowest BCUT2D eigenvalue weighted by atomic mass is 9.89. The van der Waals surface area contributed by atoms with E-state index >= 15 is 0 Å². The molecule has 0 aromatic rings. The van der Waals surface area contributed by atoms with Gasteiger partial charge in [-0.3, -0.25) is 0 Å². The molecular formula is C16H30N2O3. The van der Waals surface area contributed by atoms with Crippen LogP contribution in [0.1, 0.15) is 65.7 Å². The molecule has 122 valence electrons. The molecule has 3 atom stereocenters. The Morgan fingerprint density at radius 1 is 1.33 bits per heavy atom. The van der Waals surface area contributed by atoms with Gasteiger partial charge in [-0.25, -0.2) is 9.59 Å². The summed E-state index contributed by atoms with van der Waals surface area (Å²) in [5, 5.41) is 12.3. The Kier molecular flexibility index (Phi) is 7.54. The number of urea groups is 1. The van der Waals surface area contributed by atoms with Crippen LogP contribution in [0.2, 0.25) is 0 Å². The number of amides is 2. The molecule has 5 nitrogen and oxygen atoms in total. The summed E-state index contributed by atoms with van der Waals surface area (Å²) in [7, 11) is 0. The van der Waals surface area contributed by atoms with Crippen LogP contribution in [0.5, 0.6) is 0 Å².